The van der Waals surface area contributed by atoms with Gasteiger partial charge in [-0.2, -0.15) is 0 Å². The summed E-state index contributed by atoms with van der Waals surface area (Å²) in [5.74, 6) is 1.99. The lowest BCUT2D eigenvalue weighted by molar-refractivity contribution is 0.242. The smallest absolute Gasteiger partial charge is 0.120 e. The quantitative estimate of drug-likeness (QED) is 0.649. The molecule has 0 saturated carbocycles. The van der Waals surface area contributed by atoms with Crippen molar-refractivity contribution in [3.8, 4) is 5.75 Å². The Morgan fingerprint density at radius 2 is 1.92 bits per heavy atom. The molecule has 2 aliphatic rings. The van der Waals surface area contributed by atoms with Gasteiger partial charge in [-0.15, -0.1) is 0 Å². The first kappa shape index (κ1) is 15.8. The van der Waals surface area contributed by atoms with Gasteiger partial charge in [0, 0.05) is 16.1 Å². The number of halogens is 1. The zero-order valence-corrected chi connectivity index (χ0v) is 15.6. The number of rotatable bonds is 3. The predicted molar refractivity (Wildman–Crippen MR) is 103 cm³/mol. The summed E-state index contributed by atoms with van der Waals surface area (Å²) in [4.78, 5) is 0. The van der Waals surface area contributed by atoms with Crippen LogP contribution in [0.3, 0.4) is 0 Å². The fourth-order valence-corrected chi connectivity index (χ4v) is 4.18. The molecule has 1 aliphatic carbocycles. The molecule has 124 valence electrons. The minimum Gasteiger partial charge on any atom is -0.491 e. The number of hydrogen-bond donors (Lipinski definition) is 1. The second-order valence-electron chi connectivity index (χ2n) is 6.94. The maximum atomic E-state index is 5.90. The number of hydrogen-bond acceptors (Lipinski definition) is 2. The molecule has 24 heavy (non-hydrogen) atoms. The number of anilines is 1. The number of benzene rings is 2. The van der Waals surface area contributed by atoms with Crippen LogP contribution in [0.1, 0.15) is 43.4 Å². The maximum Gasteiger partial charge on any atom is 0.120 e. The summed E-state index contributed by atoms with van der Waals surface area (Å²) >= 11 is 3.53. The van der Waals surface area contributed by atoms with E-state index in [1.165, 1.54) is 16.8 Å². The number of nitrogens with one attached hydrogen (secondary N) is 1. The summed E-state index contributed by atoms with van der Waals surface area (Å²) in [6.07, 6.45) is 6.01. The normalized spacial score (nSPS) is 24.4. The van der Waals surface area contributed by atoms with E-state index < -0.39 is 0 Å². The van der Waals surface area contributed by atoms with E-state index in [1.807, 2.05) is 0 Å². The van der Waals surface area contributed by atoms with Crippen molar-refractivity contribution in [3.05, 3.63) is 70.2 Å². The molecule has 3 unspecified atom stereocenters. The van der Waals surface area contributed by atoms with Gasteiger partial charge < -0.3 is 10.1 Å². The minimum absolute atomic E-state index is 0.199. The van der Waals surface area contributed by atoms with Gasteiger partial charge in [-0.05, 0) is 67.6 Å². The molecule has 3 heteroatoms. The molecule has 3 atom stereocenters. The second kappa shape index (κ2) is 6.29. The molecule has 0 radical (unpaired) electrons. The lowest BCUT2D eigenvalue weighted by atomic mass is 9.77. The van der Waals surface area contributed by atoms with Crippen LogP contribution >= 0.6 is 15.9 Å². The van der Waals surface area contributed by atoms with Gasteiger partial charge in [-0.1, -0.05) is 40.2 Å². The summed E-state index contributed by atoms with van der Waals surface area (Å²) < 4.78 is 7.02. The maximum absolute atomic E-state index is 5.90. The monoisotopic (exact) mass is 383 g/mol. The summed E-state index contributed by atoms with van der Waals surface area (Å²) in [5.41, 5.74) is 3.94. The van der Waals surface area contributed by atoms with Crippen LogP contribution in [0.2, 0.25) is 0 Å². The summed E-state index contributed by atoms with van der Waals surface area (Å²) in [6.45, 7) is 4.14. The first-order chi connectivity index (χ1) is 11.6. The fourth-order valence-electron chi connectivity index (χ4n) is 3.92. The largest absolute Gasteiger partial charge is 0.491 e. The lowest BCUT2D eigenvalue weighted by Gasteiger charge is -2.37. The van der Waals surface area contributed by atoms with E-state index in [0.717, 1.165) is 16.6 Å². The van der Waals surface area contributed by atoms with E-state index in [-0.39, 0.29) is 6.10 Å². The van der Waals surface area contributed by atoms with Crippen LogP contribution < -0.4 is 10.1 Å². The first-order valence-corrected chi connectivity index (χ1v) is 9.40. The molecule has 2 aromatic rings. The van der Waals surface area contributed by atoms with E-state index in [4.69, 9.17) is 4.74 Å². The van der Waals surface area contributed by atoms with E-state index in [2.05, 4.69) is 89.7 Å². The Morgan fingerprint density at radius 1 is 1.12 bits per heavy atom. The van der Waals surface area contributed by atoms with Gasteiger partial charge in [0.05, 0.1) is 12.1 Å². The Morgan fingerprint density at radius 3 is 2.67 bits per heavy atom. The molecule has 1 aliphatic heterocycles. The summed E-state index contributed by atoms with van der Waals surface area (Å²) in [6, 6.07) is 15.5. The molecular weight excluding hydrogens is 362 g/mol. The zero-order valence-electron chi connectivity index (χ0n) is 14.0. The Labute approximate surface area is 152 Å². The molecule has 0 bridgehead atoms. The van der Waals surface area contributed by atoms with Crippen molar-refractivity contribution in [1.29, 1.82) is 0 Å². The topological polar surface area (TPSA) is 21.3 Å². The van der Waals surface area contributed by atoms with Crippen molar-refractivity contribution in [2.75, 3.05) is 5.32 Å². The van der Waals surface area contributed by atoms with E-state index in [1.54, 1.807) is 0 Å². The molecule has 0 aromatic heterocycles. The molecule has 4 rings (SSSR count). The average molecular weight is 384 g/mol. The van der Waals surface area contributed by atoms with Gasteiger partial charge in [0.2, 0.25) is 0 Å². The summed E-state index contributed by atoms with van der Waals surface area (Å²) in [7, 11) is 0. The number of allylic oxidation sites excluding steroid dienone is 2. The van der Waals surface area contributed by atoms with Crippen LogP contribution in [-0.4, -0.2) is 6.10 Å². The third-order valence-electron chi connectivity index (χ3n) is 4.94. The molecule has 0 fully saturated rings. The van der Waals surface area contributed by atoms with Crippen LogP contribution in [0.15, 0.2) is 59.1 Å². The molecule has 0 spiro atoms. The van der Waals surface area contributed by atoms with Crippen LogP contribution in [-0.2, 0) is 0 Å². The van der Waals surface area contributed by atoms with Crippen molar-refractivity contribution in [2.24, 2.45) is 5.92 Å². The van der Waals surface area contributed by atoms with E-state index in [0.29, 0.717) is 17.9 Å². The zero-order chi connectivity index (χ0) is 16.7. The lowest BCUT2D eigenvalue weighted by Crippen LogP contribution is -2.29. The Hall–Kier alpha value is -1.74. The van der Waals surface area contributed by atoms with E-state index >= 15 is 0 Å². The fraction of sp³-hybridized carbons (Fsp3) is 0.333. The van der Waals surface area contributed by atoms with Gasteiger partial charge >= 0.3 is 0 Å². The van der Waals surface area contributed by atoms with E-state index in [9.17, 15) is 0 Å². The highest BCUT2D eigenvalue weighted by Gasteiger charge is 2.38. The molecule has 0 saturated heterocycles. The highest BCUT2D eigenvalue weighted by Crippen LogP contribution is 2.50. The highest BCUT2D eigenvalue weighted by molar-refractivity contribution is 9.10. The van der Waals surface area contributed by atoms with Crippen molar-refractivity contribution < 1.29 is 4.74 Å². The molecule has 0 amide bonds. The van der Waals surface area contributed by atoms with Crippen molar-refractivity contribution >= 4 is 21.6 Å². The van der Waals surface area contributed by atoms with Crippen molar-refractivity contribution in [2.45, 2.75) is 38.3 Å². The predicted octanol–water partition coefficient (Wildman–Crippen LogP) is 6.06. The van der Waals surface area contributed by atoms with Crippen LogP contribution in [0.4, 0.5) is 5.69 Å². The number of fused-ring (bicyclic) bond motifs is 3. The first-order valence-electron chi connectivity index (χ1n) is 8.61. The van der Waals surface area contributed by atoms with Gasteiger partial charge in [0.25, 0.3) is 0 Å². The average Bonchev–Trinajstić information content (AvgIpc) is 3.04. The Kier molecular flexibility index (Phi) is 4.13. The standard InChI is InChI=1S/C21H22BrNO/c1-13(2)24-16-10-11-20-19(12-16)17-4-3-5-18(17)21(23-20)14-6-8-15(22)9-7-14/h3-4,6-13,17-18,21,23H,5H2,1-2H3. The number of ether oxygens (including phenoxy) is 1. The van der Waals surface area contributed by atoms with Gasteiger partial charge in [0.1, 0.15) is 5.75 Å². The van der Waals surface area contributed by atoms with Gasteiger partial charge in [0.15, 0.2) is 0 Å². The Bertz CT molecular complexity index is 766. The van der Waals surface area contributed by atoms with Crippen molar-refractivity contribution in [3.63, 3.8) is 0 Å². The third kappa shape index (κ3) is 2.86. The highest BCUT2D eigenvalue weighted by atomic mass is 79.9. The van der Waals surface area contributed by atoms with Crippen LogP contribution in [0.25, 0.3) is 0 Å². The minimum atomic E-state index is 0.199. The third-order valence-corrected chi connectivity index (χ3v) is 5.46. The van der Waals surface area contributed by atoms with Gasteiger partial charge in [-0.3, -0.25) is 0 Å². The summed E-state index contributed by atoms with van der Waals surface area (Å²) in [5, 5.41) is 3.77. The van der Waals surface area contributed by atoms with Crippen LogP contribution in [0.5, 0.6) is 5.75 Å². The molecule has 2 aromatic carbocycles. The molecule has 1 heterocycles. The molecule has 1 N–H and O–H groups in total. The van der Waals surface area contributed by atoms with Gasteiger partial charge in [-0.25, -0.2) is 0 Å². The van der Waals surface area contributed by atoms with Crippen molar-refractivity contribution in [1.82, 2.24) is 0 Å². The molecule has 2 nitrogen and oxygen atoms in total. The second-order valence-corrected chi connectivity index (χ2v) is 7.86. The molecular formula is C21H22BrNO. The van der Waals surface area contributed by atoms with Crippen LogP contribution in [0, 0.1) is 5.92 Å². The Balaban J connectivity index is 1.70. The SMILES string of the molecule is CC(C)Oc1ccc2c(c1)C1C=CCC1C(c1ccc(Br)cc1)N2.